The Morgan fingerprint density at radius 1 is 1.22 bits per heavy atom. The van der Waals surface area contributed by atoms with Gasteiger partial charge in [0.05, 0.1) is 6.61 Å². The van der Waals surface area contributed by atoms with E-state index in [-0.39, 0.29) is 5.97 Å². The van der Waals surface area contributed by atoms with E-state index in [0.717, 1.165) is 11.5 Å². The Kier molecular flexibility index (Phi) is 9.35. The van der Waals surface area contributed by atoms with Crippen LogP contribution in [-0.2, 0) is 9.53 Å². The number of hydrogen-bond donors (Lipinski definition) is 0. The van der Waals surface area contributed by atoms with Gasteiger partial charge < -0.3 is 4.74 Å². The van der Waals surface area contributed by atoms with Gasteiger partial charge in [0.15, 0.2) is 0 Å². The summed E-state index contributed by atoms with van der Waals surface area (Å²) in [7, 11) is 0. The highest BCUT2D eigenvalue weighted by atomic mass is 16.5. The third kappa shape index (κ3) is 10.1. The van der Waals surface area contributed by atoms with Gasteiger partial charge in [-0.3, -0.25) is 0 Å². The van der Waals surface area contributed by atoms with Crippen LogP contribution in [-0.4, -0.2) is 12.6 Å². The maximum atomic E-state index is 11.2. The van der Waals surface area contributed by atoms with Gasteiger partial charge in [0, 0.05) is 6.08 Å². The van der Waals surface area contributed by atoms with E-state index >= 15 is 0 Å². The molecule has 0 saturated heterocycles. The minimum Gasteiger partial charge on any atom is -0.463 e. The summed E-state index contributed by atoms with van der Waals surface area (Å²) in [4.78, 5) is 11.2. The summed E-state index contributed by atoms with van der Waals surface area (Å²) in [5.74, 6) is 1.09. The Morgan fingerprint density at radius 3 is 2.44 bits per heavy atom. The average molecular weight is 252 g/mol. The van der Waals surface area contributed by atoms with E-state index in [1.54, 1.807) is 6.08 Å². The molecule has 0 rings (SSSR count). The lowest BCUT2D eigenvalue weighted by Crippen LogP contribution is -2.00. The second-order valence-corrected chi connectivity index (χ2v) is 5.30. The van der Waals surface area contributed by atoms with Crippen LogP contribution in [0.15, 0.2) is 23.8 Å². The highest BCUT2D eigenvalue weighted by Crippen LogP contribution is 2.14. The van der Waals surface area contributed by atoms with E-state index < -0.39 is 0 Å². The predicted octanol–water partition coefficient (Wildman–Crippen LogP) is 4.51. The molecule has 1 unspecified atom stereocenters. The van der Waals surface area contributed by atoms with E-state index in [9.17, 15) is 4.79 Å². The highest BCUT2D eigenvalue weighted by molar-refractivity contribution is 5.83. The van der Waals surface area contributed by atoms with Crippen molar-refractivity contribution in [1.82, 2.24) is 0 Å². The van der Waals surface area contributed by atoms with Crippen LogP contribution in [0.25, 0.3) is 0 Å². The molecular formula is C16H28O2. The van der Waals surface area contributed by atoms with Gasteiger partial charge in [-0.15, -0.1) is 0 Å². The van der Waals surface area contributed by atoms with E-state index in [4.69, 9.17) is 4.74 Å². The molecule has 0 N–H and O–H groups in total. The smallest absolute Gasteiger partial charge is 0.330 e. The molecule has 0 amide bonds. The third-order valence-corrected chi connectivity index (χ3v) is 2.76. The van der Waals surface area contributed by atoms with Gasteiger partial charge >= 0.3 is 5.97 Å². The normalized spacial score (nSPS) is 14.2. The van der Waals surface area contributed by atoms with Gasteiger partial charge in [-0.25, -0.2) is 4.79 Å². The molecule has 0 aromatic carbocycles. The van der Waals surface area contributed by atoms with Gasteiger partial charge in [-0.2, -0.15) is 0 Å². The first-order valence-corrected chi connectivity index (χ1v) is 6.99. The molecule has 0 spiro atoms. The molecule has 0 saturated carbocycles. The second kappa shape index (κ2) is 9.93. The molecule has 1 atom stereocenters. The molecule has 18 heavy (non-hydrogen) atoms. The van der Waals surface area contributed by atoms with Crippen molar-refractivity contribution in [2.75, 3.05) is 6.61 Å². The molecule has 0 aliphatic carbocycles. The standard InChI is InChI=1S/C16H28O2/c1-6-18-16(17)12-15(5)11-10-14(4)9-7-8-13(2)3/h10-14H,6-9H2,1-5H3/b11-10+,15-12+. The third-order valence-electron chi connectivity index (χ3n) is 2.76. The summed E-state index contributed by atoms with van der Waals surface area (Å²) in [6, 6.07) is 0. The van der Waals surface area contributed by atoms with Crippen LogP contribution < -0.4 is 0 Å². The Bertz CT molecular complexity index is 287. The summed E-state index contributed by atoms with van der Waals surface area (Å²) in [6.45, 7) is 10.9. The van der Waals surface area contributed by atoms with Gasteiger partial charge in [0.2, 0.25) is 0 Å². The van der Waals surface area contributed by atoms with Crippen molar-refractivity contribution in [2.24, 2.45) is 11.8 Å². The Morgan fingerprint density at radius 2 is 1.89 bits per heavy atom. The molecule has 2 nitrogen and oxygen atoms in total. The largest absolute Gasteiger partial charge is 0.463 e. The molecule has 0 heterocycles. The fraction of sp³-hybridized carbons (Fsp3) is 0.688. The number of rotatable bonds is 8. The van der Waals surface area contributed by atoms with Gasteiger partial charge in [-0.05, 0) is 37.7 Å². The minimum atomic E-state index is -0.257. The lowest BCUT2D eigenvalue weighted by atomic mass is 9.99. The van der Waals surface area contributed by atoms with Gasteiger partial charge in [-0.1, -0.05) is 45.8 Å². The van der Waals surface area contributed by atoms with Crippen LogP contribution >= 0.6 is 0 Å². The Hall–Kier alpha value is -1.05. The van der Waals surface area contributed by atoms with Gasteiger partial charge in [0.1, 0.15) is 0 Å². The molecular weight excluding hydrogens is 224 g/mol. The molecule has 0 radical (unpaired) electrons. The molecule has 0 fully saturated rings. The van der Waals surface area contributed by atoms with E-state index in [1.807, 2.05) is 19.9 Å². The lowest BCUT2D eigenvalue weighted by molar-refractivity contribution is -0.137. The van der Waals surface area contributed by atoms with Crippen LogP contribution in [0.4, 0.5) is 0 Å². The minimum absolute atomic E-state index is 0.257. The van der Waals surface area contributed by atoms with E-state index in [2.05, 4.69) is 26.8 Å². The number of carbonyl (C=O) groups is 1. The van der Waals surface area contributed by atoms with Crippen LogP contribution in [0.2, 0.25) is 0 Å². The first kappa shape index (κ1) is 16.9. The molecule has 0 aliphatic heterocycles. The molecule has 0 aromatic heterocycles. The Balaban J connectivity index is 4.01. The van der Waals surface area contributed by atoms with Crippen molar-refractivity contribution in [3.63, 3.8) is 0 Å². The molecule has 0 aromatic rings. The van der Waals surface area contributed by atoms with Crippen LogP contribution in [0.5, 0.6) is 0 Å². The number of carbonyl (C=O) groups excluding carboxylic acids is 1. The molecule has 2 heteroatoms. The highest BCUT2D eigenvalue weighted by Gasteiger charge is 2.00. The zero-order chi connectivity index (χ0) is 14.0. The Labute approximate surface area is 112 Å². The SMILES string of the molecule is CCOC(=O)/C=C(C)/C=C/C(C)CCCC(C)C. The summed E-state index contributed by atoms with van der Waals surface area (Å²) in [5, 5.41) is 0. The van der Waals surface area contributed by atoms with Crippen molar-refractivity contribution in [3.8, 4) is 0 Å². The van der Waals surface area contributed by atoms with Gasteiger partial charge in [0.25, 0.3) is 0 Å². The van der Waals surface area contributed by atoms with Crippen LogP contribution in [0.3, 0.4) is 0 Å². The van der Waals surface area contributed by atoms with Crippen LogP contribution in [0, 0.1) is 11.8 Å². The van der Waals surface area contributed by atoms with Crippen molar-refractivity contribution >= 4 is 5.97 Å². The summed E-state index contributed by atoms with van der Waals surface area (Å²) >= 11 is 0. The van der Waals surface area contributed by atoms with Crippen molar-refractivity contribution in [2.45, 2.75) is 53.9 Å². The zero-order valence-corrected chi connectivity index (χ0v) is 12.5. The number of esters is 1. The number of allylic oxidation sites excluding steroid dienone is 3. The first-order valence-electron chi connectivity index (χ1n) is 6.99. The van der Waals surface area contributed by atoms with Crippen LogP contribution in [0.1, 0.15) is 53.9 Å². The molecule has 104 valence electrons. The van der Waals surface area contributed by atoms with E-state index in [0.29, 0.717) is 12.5 Å². The first-order chi connectivity index (χ1) is 8.45. The fourth-order valence-corrected chi connectivity index (χ4v) is 1.68. The molecule has 0 bridgehead atoms. The van der Waals surface area contributed by atoms with Crippen molar-refractivity contribution < 1.29 is 9.53 Å². The fourth-order valence-electron chi connectivity index (χ4n) is 1.68. The number of hydrogen-bond acceptors (Lipinski definition) is 2. The van der Waals surface area contributed by atoms with E-state index in [1.165, 1.54) is 19.3 Å². The van der Waals surface area contributed by atoms with Crippen molar-refractivity contribution in [3.05, 3.63) is 23.8 Å². The average Bonchev–Trinajstić information content (AvgIpc) is 2.26. The maximum absolute atomic E-state index is 11.2. The summed E-state index contributed by atoms with van der Waals surface area (Å²) in [5.41, 5.74) is 0.948. The maximum Gasteiger partial charge on any atom is 0.330 e. The molecule has 0 aliphatic rings. The second-order valence-electron chi connectivity index (χ2n) is 5.30. The summed E-state index contributed by atoms with van der Waals surface area (Å²) < 4.78 is 4.86. The lowest BCUT2D eigenvalue weighted by Gasteiger charge is -2.07. The summed E-state index contributed by atoms with van der Waals surface area (Å²) in [6.07, 6.45) is 9.49. The monoisotopic (exact) mass is 252 g/mol. The number of ether oxygens (including phenoxy) is 1. The predicted molar refractivity (Wildman–Crippen MR) is 77.4 cm³/mol. The van der Waals surface area contributed by atoms with Crippen molar-refractivity contribution in [1.29, 1.82) is 0 Å². The topological polar surface area (TPSA) is 26.3 Å². The zero-order valence-electron chi connectivity index (χ0n) is 12.5. The quantitative estimate of drug-likeness (QED) is 0.361.